The molecule has 0 radical (unpaired) electrons. The molecule has 0 aromatic heterocycles. The van der Waals surface area contributed by atoms with Crippen LogP contribution < -0.4 is 16.7 Å². The smallest absolute Gasteiger partial charge is 0.331 e. The molecule has 7 nitrogen and oxygen atoms in total. The maximum absolute atomic E-state index is 13.3. The molecule has 1 aromatic carbocycles. The third-order valence-corrected chi connectivity index (χ3v) is 6.93. The van der Waals surface area contributed by atoms with Crippen molar-refractivity contribution in [1.29, 1.82) is 0 Å². The van der Waals surface area contributed by atoms with Crippen molar-refractivity contribution in [3.63, 3.8) is 0 Å². The largest absolute Gasteiger partial charge is 0.365 e. The van der Waals surface area contributed by atoms with Gasteiger partial charge >= 0.3 is 5.69 Å². The summed E-state index contributed by atoms with van der Waals surface area (Å²) in [6, 6.07) is 10.6. The van der Waals surface area contributed by atoms with Crippen LogP contribution in [0.25, 0.3) is 11.5 Å². The maximum atomic E-state index is 13.3. The van der Waals surface area contributed by atoms with Gasteiger partial charge in [0.25, 0.3) is 0 Å². The highest BCUT2D eigenvalue weighted by Gasteiger charge is 2.33. The molecule has 0 spiro atoms. The van der Waals surface area contributed by atoms with Gasteiger partial charge in [-0.05, 0) is 56.6 Å². The maximum Gasteiger partial charge on any atom is 0.331 e. The van der Waals surface area contributed by atoms with Gasteiger partial charge in [0, 0.05) is 25.0 Å². The van der Waals surface area contributed by atoms with Gasteiger partial charge < -0.3 is 11.1 Å². The van der Waals surface area contributed by atoms with E-state index in [9.17, 15) is 4.79 Å². The van der Waals surface area contributed by atoms with E-state index in [0.29, 0.717) is 24.9 Å². The molecule has 1 fully saturated rings. The number of fused-ring (bicyclic) bond motifs is 3. The number of hydrogen-bond donors (Lipinski definition) is 2. The fourth-order valence-corrected chi connectivity index (χ4v) is 5.21. The quantitative estimate of drug-likeness (QED) is 0.639. The molecule has 5 rings (SSSR count). The summed E-state index contributed by atoms with van der Waals surface area (Å²) >= 11 is 0. The molecule has 1 saturated carbocycles. The van der Waals surface area contributed by atoms with Crippen molar-refractivity contribution in [2.24, 2.45) is 11.7 Å². The first-order valence-corrected chi connectivity index (χ1v) is 11.7. The van der Waals surface area contributed by atoms with Crippen LogP contribution in [-0.4, -0.2) is 31.7 Å². The highest BCUT2D eigenvalue weighted by Crippen LogP contribution is 2.38. The zero-order chi connectivity index (χ0) is 21.4. The molecule has 164 valence electrons. The Kier molecular flexibility index (Phi) is 5.52. The predicted octanol–water partition coefficient (Wildman–Crippen LogP) is 3.22. The Balaban J connectivity index is 1.49. The van der Waals surface area contributed by atoms with E-state index in [1.165, 1.54) is 5.56 Å². The first-order valence-electron chi connectivity index (χ1n) is 11.7. The zero-order valence-corrected chi connectivity index (χ0v) is 18.3. The number of benzene rings is 1. The minimum Gasteiger partial charge on any atom is -0.365 e. The van der Waals surface area contributed by atoms with Crippen molar-refractivity contribution in [2.45, 2.75) is 70.5 Å². The minimum atomic E-state index is 0.0192. The van der Waals surface area contributed by atoms with Crippen molar-refractivity contribution < 1.29 is 0 Å². The molecule has 3 aliphatic heterocycles. The van der Waals surface area contributed by atoms with Crippen LogP contribution in [0.15, 0.2) is 35.1 Å². The lowest BCUT2D eigenvalue weighted by molar-refractivity contribution is 0.326. The van der Waals surface area contributed by atoms with E-state index in [1.54, 1.807) is 0 Å². The van der Waals surface area contributed by atoms with Crippen molar-refractivity contribution in [2.75, 3.05) is 11.9 Å². The second-order valence-corrected chi connectivity index (χ2v) is 9.13. The van der Waals surface area contributed by atoms with E-state index in [2.05, 4.69) is 36.5 Å². The van der Waals surface area contributed by atoms with Crippen LogP contribution in [0.5, 0.6) is 0 Å². The fourth-order valence-electron chi connectivity index (χ4n) is 5.21. The standard InChI is InChI=1S/C24H32N6O/c1-2-12-29-23-20(27-21(28-23)18-10-8-17(14-25)9-11-18)22-26-19(15-30(22)24(29)31)13-16-6-4-3-5-7-16/h3-7,17-19,26H,2,8-15,25H2,1H3/t17?,18?,19-/m1/s1. The summed E-state index contributed by atoms with van der Waals surface area (Å²) in [5, 5.41) is 3.60. The average Bonchev–Trinajstić information content (AvgIpc) is 3.42. The lowest BCUT2D eigenvalue weighted by Crippen LogP contribution is -2.32. The first kappa shape index (κ1) is 20.2. The van der Waals surface area contributed by atoms with Crippen molar-refractivity contribution in [3.05, 3.63) is 52.2 Å². The Morgan fingerprint density at radius 1 is 1.13 bits per heavy atom. The van der Waals surface area contributed by atoms with E-state index in [4.69, 9.17) is 15.7 Å². The molecule has 0 saturated heterocycles. The van der Waals surface area contributed by atoms with Gasteiger partial charge in [-0.25, -0.2) is 14.8 Å². The topological polar surface area (TPSA) is 90.8 Å². The predicted molar refractivity (Wildman–Crippen MR) is 123 cm³/mol. The van der Waals surface area contributed by atoms with E-state index < -0.39 is 0 Å². The van der Waals surface area contributed by atoms with Crippen LogP contribution in [-0.2, 0) is 19.5 Å². The van der Waals surface area contributed by atoms with Gasteiger partial charge in [-0.3, -0.25) is 9.13 Å². The Labute approximate surface area is 183 Å². The van der Waals surface area contributed by atoms with Gasteiger partial charge in [-0.2, -0.15) is 0 Å². The normalized spacial score (nSPS) is 23.1. The van der Waals surface area contributed by atoms with Crippen LogP contribution in [0, 0.1) is 5.92 Å². The molecule has 1 atom stereocenters. The molecule has 3 N–H and O–H groups in total. The van der Waals surface area contributed by atoms with Gasteiger partial charge in [-0.1, -0.05) is 37.3 Å². The van der Waals surface area contributed by atoms with Gasteiger partial charge in [0.05, 0.1) is 0 Å². The molecule has 1 aromatic rings. The molecule has 7 heteroatoms. The average molecular weight is 421 g/mol. The third-order valence-electron chi connectivity index (χ3n) is 6.93. The second-order valence-electron chi connectivity index (χ2n) is 9.13. The zero-order valence-electron chi connectivity index (χ0n) is 18.3. The Bertz CT molecular complexity index is 1060. The lowest BCUT2D eigenvalue weighted by Gasteiger charge is -2.25. The summed E-state index contributed by atoms with van der Waals surface area (Å²) in [5.41, 5.74) is 8.00. The molecule has 0 amide bonds. The van der Waals surface area contributed by atoms with E-state index in [1.807, 2.05) is 15.2 Å². The first-order chi connectivity index (χ1) is 15.2. The molecule has 1 aliphatic carbocycles. The van der Waals surface area contributed by atoms with Gasteiger partial charge in [-0.15, -0.1) is 0 Å². The number of nitrogens with zero attached hydrogens (tertiary/aromatic N) is 4. The van der Waals surface area contributed by atoms with Crippen LogP contribution in [0.2, 0.25) is 0 Å². The Morgan fingerprint density at radius 3 is 2.61 bits per heavy atom. The molecular formula is C24H32N6O. The van der Waals surface area contributed by atoms with Crippen LogP contribution in [0.4, 0.5) is 5.82 Å². The van der Waals surface area contributed by atoms with Crippen molar-refractivity contribution in [3.8, 4) is 11.5 Å². The molecule has 3 heterocycles. The number of nitrogens with one attached hydrogen (secondary N) is 1. The SMILES string of the molecule is CCCn1c2nc(C3CCC(CN)CC3)nc-2c2n(c1=O)C[C@@H](Cc1ccccc1)N2. The van der Waals surface area contributed by atoms with Crippen molar-refractivity contribution in [1.82, 2.24) is 19.1 Å². The molecule has 0 bridgehead atoms. The second kappa shape index (κ2) is 8.46. The Hall–Kier alpha value is -2.67. The van der Waals surface area contributed by atoms with Crippen LogP contribution in [0.3, 0.4) is 0 Å². The summed E-state index contributed by atoms with van der Waals surface area (Å²) in [5.74, 6) is 3.46. The van der Waals surface area contributed by atoms with Crippen LogP contribution >= 0.6 is 0 Å². The van der Waals surface area contributed by atoms with E-state index in [0.717, 1.165) is 68.2 Å². The summed E-state index contributed by atoms with van der Waals surface area (Å²) < 4.78 is 3.70. The minimum absolute atomic E-state index is 0.0192. The summed E-state index contributed by atoms with van der Waals surface area (Å²) in [7, 11) is 0. The molecule has 31 heavy (non-hydrogen) atoms. The molecule has 0 unspecified atom stereocenters. The van der Waals surface area contributed by atoms with Crippen molar-refractivity contribution >= 4 is 5.82 Å². The van der Waals surface area contributed by atoms with Crippen LogP contribution in [0.1, 0.15) is 56.3 Å². The number of rotatable bonds is 6. The van der Waals surface area contributed by atoms with Gasteiger partial charge in [0.1, 0.15) is 17.3 Å². The number of anilines is 1. The number of hydrogen-bond acceptors (Lipinski definition) is 5. The molecular weight excluding hydrogens is 388 g/mol. The monoisotopic (exact) mass is 420 g/mol. The lowest BCUT2D eigenvalue weighted by atomic mass is 9.82. The highest BCUT2D eigenvalue weighted by atomic mass is 16.1. The summed E-state index contributed by atoms with van der Waals surface area (Å²) in [6.45, 7) is 4.19. The highest BCUT2D eigenvalue weighted by molar-refractivity contribution is 5.70. The van der Waals surface area contributed by atoms with Gasteiger partial charge in [0.2, 0.25) is 0 Å². The summed E-state index contributed by atoms with van der Waals surface area (Å²) in [6.07, 6.45) is 6.20. The third kappa shape index (κ3) is 3.76. The summed E-state index contributed by atoms with van der Waals surface area (Å²) in [4.78, 5) is 23.3. The van der Waals surface area contributed by atoms with E-state index in [-0.39, 0.29) is 11.7 Å². The Morgan fingerprint density at radius 2 is 1.90 bits per heavy atom. The van der Waals surface area contributed by atoms with E-state index >= 15 is 0 Å². The number of nitrogens with two attached hydrogens (primary N) is 1. The van der Waals surface area contributed by atoms with Gasteiger partial charge in [0.15, 0.2) is 5.82 Å². The number of aromatic nitrogens is 4. The molecule has 4 aliphatic rings. The fraction of sp³-hybridized carbons (Fsp3) is 0.542. The number of imidazole rings is 1.